The lowest BCUT2D eigenvalue weighted by Crippen LogP contribution is -2.41. The van der Waals surface area contributed by atoms with Gasteiger partial charge in [0.05, 0.1) is 37.6 Å². The van der Waals surface area contributed by atoms with E-state index in [2.05, 4.69) is 125 Å². The van der Waals surface area contributed by atoms with Gasteiger partial charge in [-0.1, -0.05) is 127 Å². The minimum Gasteiger partial charge on any atom is -0.399 e. The van der Waals surface area contributed by atoms with Crippen molar-refractivity contribution in [1.82, 2.24) is 39.2 Å². The summed E-state index contributed by atoms with van der Waals surface area (Å²) in [5.74, 6) is 1.32. The third-order valence-corrected chi connectivity index (χ3v) is 15.7. The highest BCUT2D eigenvalue weighted by Gasteiger charge is 2.52. The molecule has 6 aromatic heterocycles. The maximum Gasteiger partial charge on any atom is 0.496 e. The van der Waals surface area contributed by atoms with Crippen LogP contribution in [0.25, 0.3) is 44.7 Å². The summed E-state index contributed by atoms with van der Waals surface area (Å²) in [4.78, 5) is 18.3. The molecular formula is C66H70BClN10O6. The van der Waals surface area contributed by atoms with Crippen molar-refractivity contribution in [1.29, 1.82) is 0 Å². The van der Waals surface area contributed by atoms with Gasteiger partial charge in [-0.2, -0.15) is 4.98 Å². The zero-order valence-corrected chi connectivity index (χ0v) is 49.5. The Bertz CT molecular complexity index is 3800. The summed E-state index contributed by atoms with van der Waals surface area (Å²) in [5, 5.41) is 16.3. The standard InChI is InChI=1S/C30H29N5O2.C19H15ClN4.C17H26BNO4/c1-30(2)36-19-25(20-37-30)23-15-24(18-31-17-23)28-33-29(32-16-21-9-5-3-6-10-21)27-26(13-14-35(27)34-28)22-11-7-4-8-12-22;20-19-22-18(21-13-14-7-3-1-4-8-14)17-16(11-12-24(17)23-19)15-9-5-2-6-10-15;1-15(2)16(3,4)23-18(22-15)14-7-12(8-19-9-14)13-10-20-17(5,6)21-11-13/h3-15,17-18,25H,16,19-20H2,1-2H3,(H,32,33,34);1-12H,13H2,(H,21,22,23);7-9,13H,10-11H2,1-6H3. The molecule has 84 heavy (non-hydrogen) atoms. The molecule has 3 saturated heterocycles. The molecule has 0 radical (unpaired) electrons. The van der Waals surface area contributed by atoms with Crippen molar-refractivity contribution in [2.24, 2.45) is 0 Å². The first kappa shape index (κ1) is 57.9. The molecule has 16 nitrogen and oxygen atoms in total. The minimum atomic E-state index is -0.556. The number of anilines is 2. The van der Waals surface area contributed by atoms with E-state index in [1.807, 2.05) is 142 Å². The fourth-order valence-corrected chi connectivity index (χ4v) is 10.2. The molecule has 0 bridgehead atoms. The molecule has 10 aromatic rings. The van der Waals surface area contributed by atoms with Crippen LogP contribution in [0.3, 0.4) is 0 Å². The maximum absolute atomic E-state index is 6.10. The molecule has 13 rings (SSSR count). The highest BCUT2D eigenvalue weighted by Crippen LogP contribution is 2.38. The quantitative estimate of drug-likeness (QED) is 0.111. The normalized spacial score (nSPS) is 17.2. The lowest BCUT2D eigenvalue weighted by atomic mass is 9.79. The molecule has 0 spiro atoms. The Kier molecular flexibility index (Phi) is 17.1. The van der Waals surface area contributed by atoms with E-state index >= 15 is 0 Å². The van der Waals surface area contributed by atoms with Gasteiger partial charge in [-0.25, -0.2) is 14.0 Å². The van der Waals surface area contributed by atoms with Gasteiger partial charge in [0.25, 0.3) is 0 Å². The number of ether oxygens (including phenoxy) is 4. The van der Waals surface area contributed by atoms with Gasteiger partial charge in [-0.3, -0.25) is 9.97 Å². The van der Waals surface area contributed by atoms with E-state index in [1.165, 1.54) is 11.1 Å². The first-order chi connectivity index (χ1) is 40.5. The number of benzene rings is 4. The number of nitrogens with zero attached hydrogens (tertiary/aromatic N) is 8. The Morgan fingerprint density at radius 2 is 0.929 bits per heavy atom. The zero-order valence-electron chi connectivity index (χ0n) is 48.7. The summed E-state index contributed by atoms with van der Waals surface area (Å²) in [7, 11) is -0.394. The number of aromatic nitrogens is 8. The second-order valence-corrected chi connectivity index (χ2v) is 23.4. The van der Waals surface area contributed by atoms with Crippen LogP contribution in [0.15, 0.2) is 183 Å². The molecule has 3 aliphatic heterocycles. The smallest absolute Gasteiger partial charge is 0.399 e. The summed E-state index contributed by atoms with van der Waals surface area (Å²) >= 11 is 6.08. The van der Waals surface area contributed by atoms with Gasteiger partial charge in [-0.15, -0.1) is 10.2 Å². The van der Waals surface area contributed by atoms with Crippen LogP contribution in [0, 0.1) is 0 Å². The number of nitrogens with one attached hydrogen (secondary N) is 2. The van der Waals surface area contributed by atoms with E-state index in [1.54, 1.807) is 10.7 Å². The predicted molar refractivity (Wildman–Crippen MR) is 330 cm³/mol. The molecular weight excluding hydrogens is 1080 g/mol. The molecule has 2 N–H and O–H groups in total. The lowest BCUT2D eigenvalue weighted by Gasteiger charge is -2.35. The van der Waals surface area contributed by atoms with Gasteiger partial charge < -0.3 is 38.9 Å². The highest BCUT2D eigenvalue weighted by atomic mass is 35.5. The monoisotopic (exact) mass is 1140 g/mol. The summed E-state index contributed by atoms with van der Waals surface area (Å²) < 4.78 is 39.1. The van der Waals surface area contributed by atoms with E-state index in [9.17, 15) is 0 Å². The van der Waals surface area contributed by atoms with Crippen molar-refractivity contribution in [2.45, 2.75) is 103 Å². The molecule has 18 heteroatoms. The van der Waals surface area contributed by atoms with Crippen molar-refractivity contribution >= 4 is 46.9 Å². The SMILES string of the molecule is CC1(C)OCC(c2cncc(-c3nc(NCc4ccccc4)c4c(-c5ccccc5)ccn4n3)c2)CO1.CC1(C)OCC(c2cncc(B3OC(C)(C)C(C)(C)O3)c2)CO1.Clc1nc(NCc2ccccc2)c2c(-c3ccccc3)ccn2n1. The van der Waals surface area contributed by atoms with Crippen LogP contribution in [0.2, 0.25) is 5.28 Å². The van der Waals surface area contributed by atoms with Gasteiger partial charge >= 0.3 is 7.12 Å². The maximum atomic E-state index is 6.10. The average Bonchev–Trinajstić information content (AvgIpc) is 3.53. The molecule has 3 fully saturated rings. The van der Waals surface area contributed by atoms with Crippen LogP contribution in [-0.2, 0) is 41.3 Å². The third-order valence-electron chi connectivity index (χ3n) is 15.6. The van der Waals surface area contributed by atoms with Crippen LogP contribution >= 0.6 is 11.6 Å². The van der Waals surface area contributed by atoms with Crippen molar-refractivity contribution < 1.29 is 28.3 Å². The predicted octanol–water partition coefficient (Wildman–Crippen LogP) is 12.8. The van der Waals surface area contributed by atoms with Gasteiger partial charge in [-0.05, 0) is 119 Å². The summed E-state index contributed by atoms with van der Waals surface area (Å²) in [6.45, 7) is 19.7. The van der Waals surface area contributed by atoms with Crippen LogP contribution in [0.5, 0.6) is 0 Å². The van der Waals surface area contributed by atoms with E-state index < -0.39 is 18.7 Å². The Hall–Kier alpha value is -7.87. The molecule has 3 aliphatic rings. The minimum absolute atomic E-state index is 0.108. The van der Waals surface area contributed by atoms with Crippen LogP contribution in [0.1, 0.15) is 89.5 Å². The van der Waals surface area contributed by atoms with E-state index in [4.69, 9.17) is 49.9 Å². The Morgan fingerprint density at radius 3 is 1.42 bits per heavy atom. The van der Waals surface area contributed by atoms with Crippen molar-refractivity contribution in [2.75, 3.05) is 37.1 Å². The third kappa shape index (κ3) is 13.5. The summed E-state index contributed by atoms with van der Waals surface area (Å²) in [5.41, 5.74) is 11.8. The van der Waals surface area contributed by atoms with Gasteiger partial charge in [0.1, 0.15) is 11.0 Å². The van der Waals surface area contributed by atoms with Crippen LogP contribution in [0.4, 0.5) is 11.6 Å². The Labute approximate surface area is 496 Å². The van der Waals surface area contributed by atoms with E-state index in [-0.39, 0.29) is 28.3 Å². The molecule has 430 valence electrons. The molecule has 9 heterocycles. The number of rotatable bonds is 12. The highest BCUT2D eigenvalue weighted by molar-refractivity contribution is 6.62. The number of hydrogen-bond acceptors (Lipinski definition) is 14. The number of hydrogen-bond donors (Lipinski definition) is 2. The molecule has 0 atom stereocenters. The molecule has 4 aromatic carbocycles. The average molecular weight is 1150 g/mol. The lowest BCUT2D eigenvalue weighted by molar-refractivity contribution is -0.251. The first-order valence-corrected chi connectivity index (χ1v) is 28.8. The molecule has 0 saturated carbocycles. The van der Waals surface area contributed by atoms with Crippen molar-refractivity contribution in [3.8, 4) is 33.6 Å². The van der Waals surface area contributed by atoms with Gasteiger partial charge in [0, 0.05) is 84.3 Å². The fraction of sp³-hybridized carbons (Fsp3) is 0.303. The van der Waals surface area contributed by atoms with Crippen LogP contribution in [-0.4, -0.2) is 95.5 Å². The van der Waals surface area contributed by atoms with Gasteiger partial charge in [0.2, 0.25) is 5.28 Å². The zero-order chi connectivity index (χ0) is 58.5. The number of halogens is 1. The van der Waals surface area contributed by atoms with Gasteiger partial charge in [0.15, 0.2) is 29.0 Å². The molecule has 0 aliphatic carbocycles. The van der Waals surface area contributed by atoms with Crippen molar-refractivity contribution in [3.05, 3.63) is 210 Å². The molecule has 0 amide bonds. The number of fused-ring (bicyclic) bond motifs is 2. The summed E-state index contributed by atoms with van der Waals surface area (Å²) in [6.07, 6.45) is 11.2. The Balaban J connectivity index is 0.000000137. The summed E-state index contributed by atoms with van der Waals surface area (Å²) in [6, 6.07) is 49.3. The topological polar surface area (TPSA) is 166 Å². The van der Waals surface area contributed by atoms with E-state index in [0.29, 0.717) is 45.3 Å². The van der Waals surface area contributed by atoms with Crippen LogP contribution < -0.4 is 16.1 Å². The van der Waals surface area contributed by atoms with E-state index in [0.717, 1.165) is 67.1 Å². The second-order valence-electron chi connectivity index (χ2n) is 23.1. The first-order valence-electron chi connectivity index (χ1n) is 28.4. The number of pyridine rings is 2. The molecule has 0 unspecified atom stereocenters. The fourth-order valence-electron chi connectivity index (χ4n) is 10.0. The Morgan fingerprint density at radius 1 is 0.500 bits per heavy atom. The largest absolute Gasteiger partial charge is 0.496 e. The van der Waals surface area contributed by atoms with Crippen molar-refractivity contribution in [3.63, 3.8) is 0 Å². The second kappa shape index (κ2) is 24.8.